The van der Waals surface area contributed by atoms with Gasteiger partial charge in [-0.2, -0.15) is 4.39 Å². The van der Waals surface area contributed by atoms with Crippen LogP contribution in [0.2, 0.25) is 0 Å². The lowest BCUT2D eigenvalue weighted by Gasteiger charge is -2.29. The number of benzene rings is 3. The van der Waals surface area contributed by atoms with Crippen molar-refractivity contribution in [2.24, 2.45) is 5.92 Å². The second-order valence-corrected chi connectivity index (χ2v) is 12.6. The first-order chi connectivity index (χ1) is 22.2. The van der Waals surface area contributed by atoms with Gasteiger partial charge in [-0.1, -0.05) is 42.5 Å². The van der Waals surface area contributed by atoms with Crippen LogP contribution in [0.4, 0.5) is 26.3 Å². The molecular weight excluding hydrogens is 598 g/mol. The Morgan fingerprint density at radius 1 is 0.696 bits per heavy atom. The van der Waals surface area contributed by atoms with Crippen LogP contribution in [-0.4, -0.2) is 6.61 Å². The maximum atomic E-state index is 15.3. The number of allylic oxidation sites excluding steroid dienone is 4. The highest BCUT2D eigenvalue weighted by Crippen LogP contribution is 2.41. The molecule has 0 bridgehead atoms. The topological polar surface area (TPSA) is 9.23 Å². The summed E-state index contributed by atoms with van der Waals surface area (Å²) in [5, 5.41) is 0. The minimum atomic E-state index is -1.02. The lowest BCUT2D eigenvalue weighted by molar-refractivity contribution is 0.303. The van der Waals surface area contributed by atoms with Gasteiger partial charge in [0.25, 0.3) is 0 Å². The maximum Gasteiger partial charge on any atom is 0.201 e. The van der Waals surface area contributed by atoms with Crippen molar-refractivity contribution in [2.75, 3.05) is 6.61 Å². The van der Waals surface area contributed by atoms with Crippen LogP contribution in [0.25, 0.3) is 5.57 Å². The Labute approximate surface area is 268 Å². The van der Waals surface area contributed by atoms with Crippen LogP contribution in [0.15, 0.2) is 54.6 Å². The largest absolute Gasteiger partial charge is 0.491 e. The molecule has 3 aromatic rings. The van der Waals surface area contributed by atoms with Gasteiger partial charge in [0.1, 0.15) is 0 Å². The zero-order valence-electron chi connectivity index (χ0n) is 26.6. The third-order valence-electron chi connectivity index (χ3n) is 9.85. The van der Waals surface area contributed by atoms with Crippen molar-refractivity contribution in [1.29, 1.82) is 0 Å². The molecule has 0 saturated heterocycles. The zero-order valence-corrected chi connectivity index (χ0v) is 26.6. The van der Waals surface area contributed by atoms with Crippen LogP contribution in [0, 0.1) is 40.8 Å². The SMILES string of the molecule is CC=CCCc1ccc(C2CCC(CCc3ccc(C4CC=C(c5ccc(OCC)c(F)c5F)CC4)c(F)c3F)CC2)c(F)c1F. The molecule has 1 nitrogen and oxygen atoms in total. The minimum absolute atomic E-state index is 0.0428. The molecule has 0 heterocycles. The van der Waals surface area contributed by atoms with E-state index in [2.05, 4.69) is 0 Å². The molecule has 0 spiro atoms. The number of ether oxygens (including phenoxy) is 1. The van der Waals surface area contributed by atoms with E-state index in [1.165, 1.54) is 12.1 Å². The standard InChI is InChI=1S/C39H42F6O/c1-3-5-6-7-28-18-20-30(36(42)34(28)40)25-11-8-24(9-12-25)10-13-29-19-21-31(37(43)35(29)41)26-14-16-27(17-15-26)32-22-23-33(46-4-2)39(45)38(32)44/h3,5,16,18-26H,4,6-15,17H2,1-2H3. The number of halogens is 6. The van der Waals surface area contributed by atoms with Crippen molar-refractivity contribution in [3.05, 3.63) is 117 Å². The summed E-state index contributed by atoms with van der Waals surface area (Å²) in [6, 6.07) is 9.67. The van der Waals surface area contributed by atoms with E-state index in [4.69, 9.17) is 4.74 Å². The van der Waals surface area contributed by atoms with E-state index >= 15 is 8.78 Å². The highest BCUT2D eigenvalue weighted by atomic mass is 19.2. The van der Waals surface area contributed by atoms with E-state index in [-0.39, 0.29) is 29.8 Å². The van der Waals surface area contributed by atoms with Crippen LogP contribution >= 0.6 is 0 Å². The first kappa shape index (κ1) is 33.9. The van der Waals surface area contributed by atoms with Crippen LogP contribution in [0.5, 0.6) is 5.75 Å². The first-order valence-corrected chi connectivity index (χ1v) is 16.6. The van der Waals surface area contributed by atoms with E-state index in [0.29, 0.717) is 78.7 Å². The van der Waals surface area contributed by atoms with Crippen LogP contribution in [0.1, 0.15) is 111 Å². The molecule has 3 aromatic carbocycles. The van der Waals surface area contributed by atoms with Crippen molar-refractivity contribution >= 4 is 5.57 Å². The minimum Gasteiger partial charge on any atom is -0.491 e. The van der Waals surface area contributed by atoms with E-state index < -0.39 is 34.9 Å². The van der Waals surface area contributed by atoms with Gasteiger partial charge in [0.15, 0.2) is 34.8 Å². The predicted octanol–water partition coefficient (Wildman–Crippen LogP) is 11.7. The number of rotatable bonds is 11. The fourth-order valence-electron chi connectivity index (χ4n) is 7.16. The zero-order chi connectivity index (χ0) is 32.8. The first-order valence-electron chi connectivity index (χ1n) is 16.6. The summed E-state index contributed by atoms with van der Waals surface area (Å²) in [4.78, 5) is 0. The molecule has 0 amide bonds. The molecule has 0 radical (unpaired) electrons. The van der Waals surface area contributed by atoms with Gasteiger partial charge in [0, 0.05) is 5.56 Å². The normalized spacial score (nSPS) is 20.3. The van der Waals surface area contributed by atoms with Gasteiger partial charge in [-0.3, -0.25) is 0 Å². The second kappa shape index (κ2) is 15.4. The summed E-state index contributed by atoms with van der Waals surface area (Å²) in [6.07, 6.45) is 12.3. The molecule has 0 N–H and O–H groups in total. The van der Waals surface area contributed by atoms with Crippen LogP contribution in [-0.2, 0) is 12.8 Å². The summed E-state index contributed by atoms with van der Waals surface area (Å²) < 4.78 is 94.4. The molecule has 1 unspecified atom stereocenters. The van der Waals surface area contributed by atoms with Gasteiger partial charge in [-0.15, -0.1) is 0 Å². The average Bonchev–Trinajstić information content (AvgIpc) is 3.07. The van der Waals surface area contributed by atoms with Crippen molar-refractivity contribution in [3.8, 4) is 5.75 Å². The van der Waals surface area contributed by atoms with Gasteiger partial charge >= 0.3 is 0 Å². The van der Waals surface area contributed by atoms with E-state index in [1.807, 2.05) is 19.1 Å². The molecule has 2 aliphatic carbocycles. The molecule has 246 valence electrons. The molecule has 46 heavy (non-hydrogen) atoms. The summed E-state index contributed by atoms with van der Waals surface area (Å²) >= 11 is 0. The fourth-order valence-corrected chi connectivity index (χ4v) is 7.16. The lowest BCUT2D eigenvalue weighted by Crippen LogP contribution is -2.16. The van der Waals surface area contributed by atoms with Gasteiger partial charge in [-0.05, 0) is 142 Å². The third kappa shape index (κ3) is 7.39. The Hall–Kier alpha value is -3.48. The molecule has 0 aliphatic heterocycles. The molecule has 1 fully saturated rings. The Kier molecular flexibility index (Phi) is 11.3. The van der Waals surface area contributed by atoms with Crippen molar-refractivity contribution in [2.45, 2.75) is 96.3 Å². The van der Waals surface area contributed by atoms with E-state index in [9.17, 15) is 17.6 Å². The molecule has 5 rings (SSSR count). The number of aryl methyl sites for hydroxylation is 2. The van der Waals surface area contributed by atoms with E-state index in [0.717, 1.165) is 25.7 Å². The van der Waals surface area contributed by atoms with Crippen LogP contribution in [0.3, 0.4) is 0 Å². The molecule has 1 atom stereocenters. The molecule has 0 aromatic heterocycles. The van der Waals surface area contributed by atoms with E-state index in [1.54, 1.807) is 37.3 Å². The van der Waals surface area contributed by atoms with Crippen LogP contribution < -0.4 is 4.74 Å². The van der Waals surface area contributed by atoms with Crippen molar-refractivity contribution in [1.82, 2.24) is 0 Å². The Morgan fingerprint density at radius 2 is 1.35 bits per heavy atom. The Balaban J connectivity index is 1.16. The molecular formula is C39H42F6O. The Bertz CT molecular complexity index is 1580. The van der Waals surface area contributed by atoms with Crippen molar-refractivity contribution < 1.29 is 31.1 Å². The molecule has 7 heteroatoms. The van der Waals surface area contributed by atoms with Crippen molar-refractivity contribution in [3.63, 3.8) is 0 Å². The monoisotopic (exact) mass is 640 g/mol. The summed E-state index contributed by atoms with van der Waals surface area (Å²) in [5.74, 6) is -5.26. The molecule has 1 saturated carbocycles. The highest BCUT2D eigenvalue weighted by Gasteiger charge is 2.28. The average molecular weight is 641 g/mol. The smallest absolute Gasteiger partial charge is 0.201 e. The highest BCUT2D eigenvalue weighted by molar-refractivity contribution is 5.68. The predicted molar refractivity (Wildman–Crippen MR) is 171 cm³/mol. The summed E-state index contributed by atoms with van der Waals surface area (Å²) in [7, 11) is 0. The summed E-state index contributed by atoms with van der Waals surface area (Å²) in [5.41, 5.74) is 2.29. The maximum absolute atomic E-state index is 15.3. The quantitative estimate of drug-likeness (QED) is 0.150. The van der Waals surface area contributed by atoms with Gasteiger partial charge in [-0.25, -0.2) is 22.0 Å². The fraction of sp³-hybridized carbons (Fsp3) is 0.436. The van der Waals surface area contributed by atoms with Gasteiger partial charge in [0.2, 0.25) is 5.82 Å². The third-order valence-corrected chi connectivity index (χ3v) is 9.85. The number of hydrogen-bond donors (Lipinski definition) is 0. The summed E-state index contributed by atoms with van der Waals surface area (Å²) in [6.45, 7) is 3.81. The molecule has 2 aliphatic rings. The second-order valence-electron chi connectivity index (χ2n) is 12.6. The number of hydrogen-bond acceptors (Lipinski definition) is 1. The Morgan fingerprint density at radius 3 is 1.96 bits per heavy atom. The lowest BCUT2D eigenvalue weighted by atomic mass is 9.76. The van der Waals surface area contributed by atoms with Gasteiger partial charge < -0.3 is 4.74 Å². The van der Waals surface area contributed by atoms with Gasteiger partial charge in [0.05, 0.1) is 6.61 Å².